The number of benzene rings is 3. The summed E-state index contributed by atoms with van der Waals surface area (Å²) in [5, 5.41) is 7.37. The number of imidazole rings is 2. The molecule has 4 amide bonds. The van der Waals surface area contributed by atoms with E-state index in [1.165, 1.54) is 14.2 Å². The molecule has 0 spiro atoms. The van der Waals surface area contributed by atoms with Gasteiger partial charge in [-0.05, 0) is 98.6 Å². The number of amides is 4. The second-order valence-corrected chi connectivity index (χ2v) is 18.7. The first-order valence-corrected chi connectivity index (χ1v) is 23.4. The molecule has 8 rings (SSSR count). The number of carbonyl (C=O) groups excluding carboxylic acids is 4. The SMILES string of the molecule is CCCC1CCC(c2nc3c(ccc4cc5c(cc43)OCc3cc(-c4nc(C(C)N(CC(C)COC)C(=O)C(NC(=O)OC)C(C)C)[nH]c4C4CC4)ccc3-5)[nH]2)N1C(=O)C(C)NC(=O)OC. The quantitative estimate of drug-likeness (QED) is 0.0745. The molecule has 66 heavy (non-hydrogen) atoms. The molecule has 3 aromatic carbocycles. The number of likely N-dealkylation sites (tertiary alicyclic amines) is 1. The summed E-state index contributed by atoms with van der Waals surface area (Å²) in [6.45, 7) is 12.9. The lowest BCUT2D eigenvalue weighted by Gasteiger charge is -2.34. The molecule has 0 radical (unpaired) electrons. The third kappa shape index (κ3) is 9.16. The van der Waals surface area contributed by atoms with Gasteiger partial charge in [0.2, 0.25) is 11.8 Å². The van der Waals surface area contributed by atoms with Crippen LogP contribution in [0.2, 0.25) is 0 Å². The van der Waals surface area contributed by atoms with Crippen LogP contribution < -0.4 is 15.4 Å². The first kappa shape index (κ1) is 46.4. The zero-order valence-electron chi connectivity index (χ0n) is 39.6. The van der Waals surface area contributed by atoms with Crippen LogP contribution in [0.5, 0.6) is 5.75 Å². The lowest BCUT2D eigenvalue weighted by molar-refractivity contribution is -0.138. The smallest absolute Gasteiger partial charge is 0.407 e. The van der Waals surface area contributed by atoms with Gasteiger partial charge in [-0.3, -0.25) is 9.59 Å². The predicted octanol–water partition coefficient (Wildman–Crippen LogP) is 8.67. The normalized spacial score (nSPS) is 18.5. The van der Waals surface area contributed by atoms with Crippen LogP contribution in [0.1, 0.15) is 121 Å². The van der Waals surface area contributed by atoms with Gasteiger partial charge in [0.05, 0.1) is 49.6 Å². The highest BCUT2D eigenvalue weighted by Gasteiger charge is 2.41. The van der Waals surface area contributed by atoms with Crippen molar-refractivity contribution < 1.29 is 38.1 Å². The van der Waals surface area contributed by atoms with Gasteiger partial charge >= 0.3 is 12.2 Å². The van der Waals surface area contributed by atoms with E-state index >= 15 is 0 Å². The predicted molar refractivity (Wildman–Crippen MR) is 251 cm³/mol. The molecule has 4 N–H and O–H groups in total. The number of aromatic nitrogens is 4. The van der Waals surface area contributed by atoms with Crippen LogP contribution in [0, 0.1) is 11.8 Å². The minimum atomic E-state index is -0.790. The van der Waals surface area contributed by atoms with E-state index in [9.17, 15) is 19.2 Å². The van der Waals surface area contributed by atoms with Crippen LogP contribution in [-0.4, -0.2) is 106 Å². The first-order chi connectivity index (χ1) is 31.7. The topological polar surface area (TPSA) is 193 Å². The van der Waals surface area contributed by atoms with Gasteiger partial charge in [-0.25, -0.2) is 19.6 Å². The number of alkyl carbamates (subject to hydrolysis) is 2. The zero-order chi connectivity index (χ0) is 47.0. The number of rotatable bonds is 16. The fourth-order valence-electron chi connectivity index (χ4n) is 9.86. The Morgan fingerprint density at radius 3 is 2.35 bits per heavy atom. The molecule has 1 saturated heterocycles. The van der Waals surface area contributed by atoms with Crippen LogP contribution >= 0.6 is 0 Å². The summed E-state index contributed by atoms with van der Waals surface area (Å²) in [4.78, 5) is 73.8. The van der Waals surface area contributed by atoms with Gasteiger partial charge < -0.3 is 49.3 Å². The Morgan fingerprint density at radius 1 is 0.894 bits per heavy atom. The summed E-state index contributed by atoms with van der Waals surface area (Å²) in [6.07, 6.45) is 4.22. The fraction of sp³-hybridized carbons (Fsp3) is 0.520. The number of carbonyl (C=O) groups is 4. The lowest BCUT2D eigenvalue weighted by Crippen LogP contribution is -2.53. The summed E-state index contributed by atoms with van der Waals surface area (Å²) in [7, 11) is 4.23. The van der Waals surface area contributed by atoms with Gasteiger partial charge in [0.15, 0.2) is 0 Å². The van der Waals surface area contributed by atoms with Crippen molar-refractivity contribution in [3.8, 4) is 28.1 Å². The van der Waals surface area contributed by atoms with Gasteiger partial charge in [-0.15, -0.1) is 0 Å². The molecule has 2 aromatic heterocycles. The highest BCUT2D eigenvalue weighted by atomic mass is 16.5. The second-order valence-electron chi connectivity index (χ2n) is 18.7. The average Bonchev–Trinajstić information content (AvgIpc) is 3.68. The van der Waals surface area contributed by atoms with Gasteiger partial charge in [-0.1, -0.05) is 52.3 Å². The maximum atomic E-state index is 14.3. The maximum absolute atomic E-state index is 14.3. The van der Waals surface area contributed by atoms with Crippen molar-refractivity contribution >= 4 is 45.8 Å². The van der Waals surface area contributed by atoms with Gasteiger partial charge in [0, 0.05) is 47.8 Å². The third-order valence-corrected chi connectivity index (χ3v) is 13.5. The van der Waals surface area contributed by atoms with Crippen molar-refractivity contribution in [3.63, 3.8) is 0 Å². The number of hydrogen-bond donors (Lipinski definition) is 4. The second kappa shape index (κ2) is 19.4. The van der Waals surface area contributed by atoms with E-state index in [4.69, 9.17) is 28.9 Å². The van der Waals surface area contributed by atoms with E-state index in [0.717, 1.165) is 106 Å². The van der Waals surface area contributed by atoms with Crippen LogP contribution in [0.4, 0.5) is 9.59 Å². The molecular weight excluding hydrogens is 841 g/mol. The molecule has 1 aliphatic carbocycles. The van der Waals surface area contributed by atoms with E-state index in [2.05, 4.69) is 63.9 Å². The minimum Gasteiger partial charge on any atom is -0.488 e. The molecule has 6 unspecified atom stereocenters. The van der Waals surface area contributed by atoms with Gasteiger partial charge in [0.25, 0.3) is 0 Å². The van der Waals surface area contributed by atoms with Crippen molar-refractivity contribution in [1.29, 1.82) is 0 Å². The maximum Gasteiger partial charge on any atom is 0.407 e. The third-order valence-electron chi connectivity index (χ3n) is 13.5. The Balaban J connectivity index is 1.09. The first-order valence-electron chi connectivity index (χ1n) is 23.4. The van der Waals surface area contributed by atoms with Crippen LogP contribution in [0.3, 0.4) is 0 Å². The van der Waals surface area contributed by atoms with Crippen molar-refractivity contribution in [1.82, 2.24) is 40.4 Å². The van der Waals surface area contributed by atoms with Crippen molar-refractivity contribution in [3.05, 3.63) is 65.4 Å². The summed E-state index contributed by atoms with van der Waals surface area (Å²) in [5.41, 5.74) is 7.70. The van der Waals surface area contributed by atoms with E-state index < -0.39 is 30.3 Å². The van der Waals surface area contributed by atoms with Crippen LogP contribution in [0.25, 0.3) is 44.2 Å². The summed E-state index contributed by atoms with van der Waals surface area (Å²) < 4.78 is 21.6. The molecule has 3 aliphatic rings. The monoisotopic (exact) mass is 904 g/mol. The van der Waals surface area contributed by atoms with E-state index in [1.807, 2.05) is 38.7 Å². The Bertz CT molecular complexity index is 2620. The highest BCUT2D eigenvalue weighted by Crippen LogP contribution is 2.47. The summed E-state index contributed by atoms with van der Waals surface area (Å²) in [5.74, 6) is 2.00. The number of H-pyrrole nitrogens is 2. The number of ether oxygens (including phenoxy) is 4. The zero-order valence-corrected chi connectivity index (χ0v) is 39.6. The molecule has 352 valence electrons. The van der Waals surface area contributed by atoms with E-state index in [-0.39, 0.29) is 35.7 Å². The number of aromatic amines is 2. The molecule has 6 atom stereocenters. The molecule has 0 bridgehead atoms. The number of methoxy groups -OCH3 is 3. The number of fused-ring (bicyclic) bond motifs is 6. The fourth-order valence-corrected chi connectivity index (χ4v) is 9.86. The Labute approximate surface area is 385 Å². The lowest BCUT2D eigenvalue weighted by atomic mass is 9.92. The Kier molecular flexibility index (Phi) is 13.6. The molecule has 1 saturated carbocycles. The standard InChI is InChI=1S/C50H64N8O8/c1-10-11-34-16-19-39(58(34)47(59)28(5)51-49(61)64-8)46-52-38-18-15-31-21-37-35-17-14-32(20-33(35)25-66-40(37)22-36(31)44(38)55-46)43-42(30-12-13-30)53-45(54-43)29(6)57(23-27(4)24-63-7)48(60)41(26(2)3)56-50(62)65-9/h14-15,17-18,20-22,26-30,34,39,41H,10-13,16,19,23-25H2,1-9H3,(H,51,61)(H,52,55)(H,53,54)(H,56,62). The van der Waals surface area contributed by atoms with Crippen LogP contribution in [-0.2, 0) is 30.4 Å². The summed E-state index contributed by atoms with van der Waals surface area (Å²) >= 11 is 0. The molecule has 2 fully saturated rings. The van der Waals surface area contributed by atoms with Gasteiger partial charge in [0.1, 0.15) is 36.1 Å². The minimum absolute atomic E-state index is 0.0275. The van der Waals surface area contributed by atoms with Crippen molar-refractivity contribution in [2.45, 2.75) is 123 Å². The van der Waals surface area contributed by atoms with Crippen molar-refractivity contribution in [2.75, 3.05) is 34.5 Å². The van der Waals surface area contributed by atoms with Crippen molar-refractivity contribution in [2.24, 2.45) is 11.8 Å². The average molecular weight is 905 g/mol. The number of hydrogen-bond acceptors (Lipinski definition) is 10. The largest absolute Gasteiger partial charge is 0.488 e. The Hall–Kier alpha value is -6.16. The Morgan fingerprint density at radius 2 is 1.65 bits per heavy atom. The molecule has 16 nitrogen and oxygen atoms in total. The molecule has 5 aromatic rings. The number of nitrogens with zero attached hydrogens (tertiary/aromatic N) is 4. The van der Waals surface area contributed by atoms with E-state index in [1.54, 1.807) is 18.9 Å². The molecule has 16 heteroatoms. The molecule has 2 aliphatic heterocycles. The van der Waals surface area contributed by atoms with Gasteiger partial charge in [-0.2, -0.15) is 0 Å². The highest BCUT2D eigenvalue weighted by molar-refractivity contribution is 6.07. The summed E-state index contributed by atoms with van der Waals surface area (Å²) in [6, 6.07) is 12.6. The molecule has 4 heterocycles. The van der Waals surface area contributed by atoms with Crippen LogP contribution in [0.15, 0.2) is 42.5 Å². The van der Waals surface area contributed by atoms with E-state index in [0.29, 0.717) is 31.5 Å². The number of nitrogens with one attached hydrogen (secondary N) is 4. The molecular formula is C50H64N8O8.